The second-order valence-electron chi connectivity index (χ2n) is 4.04. The molecule has 1 amide bonds. The zero-order chi connectivity index (χ0) is 15.3. The van der Waals surface area contributed by atoms with E-state index < -0.39 is 28.4 Å². The van der Waals surface area contributed by atoms with Crippen molar-refractivity contribution in [2.45, 2.75) is 13.3 Å². The zero-order valence-electron chi connectivity index (χ0n) is 10.6. The monoisotopic (exact) mass is 300 g/mol. The van der Waals surface area contributed by atoms with E-state index in [0.717, 1.165) is 6.07 Å². The topological polar surface area (TPSA) is 110 Å². The molecule has 0 aliphatic heterocycles. The van der Waals surface area contributed by atoms with E-state index in [9.17, 15) is 19.7 Å². The van der Waals surface area contributed by atoms with Gasteiger partial charge in [0, 0.05) is 12.6 Å². The van der Waals surface area contributed by atoms with Crippen LogP contribution in [-0.4, -0.2) is 28.5 Å². The summed E-state index contributed by atoms with van der Waals surface area (Å²) in [7, 11) is 0. The molecule has 20 heavy (non-hydrogen) atoms. The molecule has 1 aromatic carbocycles. The first-order valence-corrected chi connectivity index (χ1v) is 6.20. The molecule has 0 fully saturated rings. The molecule has 1 atom stereocenters. The van der Waals surface area contributed by atoms with Gasteiger partial charge in [-0.25, -0.2) is 0 Å². The van der Waals surface area contributed by atoms with Crippen LogP contribution in [0.15, 0.2) is 18.2 Å². The molecule has 0 heterocycles. The third-order valence-electron chi connectivity index (χ3n) is 2.77. The molecule has 0 spiro atoms. The maximum absolute atomic E-state index is 11.9. The Kier molecular flexibility index (Phi) is 5.45. The number of halogens is 1. The second kappa shape index (κ2) is 6.85. The highest BCUT2D eigenvalue weighted by atomic mass is 35.5. The summed E-state index contributed by atoms with van der Waals surface area (Å²) < 4.78 is 0. The van der Waals surface area contributed by atoms with Crippen LogP contribution in [0.5, 0.6) is 0 Å². The Labute approximate surface area is 119 Å². The minimum atomic E-state index is -1.04. The predicted molar refractivity (Wildman–Crippen MR) is 71.9 cm³/mol. The minimum Gasteiger partial charge on any atom is -0.481 e. The van der Waals surface area contributed by atoms with E-state index in [2.05, 4.69) is 5.32 Å². The molecule has 108 valence electrons. The molecule has 0 aromatic heterocycles. The van der Waals surface area contributed by atoms with E-state index in [-0.39, 0.29) is 17.1 Å². The molecule has 8 heteroatoms. The number of hydrogen-bond donors (Lipinski definition) is 2. The number of carbonyl (C=O) groups is 2. The van der Waals surface area contributed by atoms with Gasteiger partial charge in [-0.15, -0.1) is 0 Å². The number of nitrogens with one attached hydrogen (secondary N) is 1. The maximum Gasteiger partial charge on any atom is 0.308 e. The molecule has 0 radical (unpaired) electrons. The summed E-state index contributed by atoms with van der Waals surface area (Å²) >= 11 is 5.80. The van der Waals surface area contributed by atoms with E-state index in [1.807, 2.05) is 0 Å². The van der Waals surface area contributed by atoms with Gasteiger partial charge in [-0.2, -0.15) is 0 Å². The lowest BCUT2D eigenvalue weighted by Crippen LogP contribution is -2.33. The van der Waals surface area contributed by atoms with Crippen molar-refractivity contribution >= 4 is 29.2 Å². The Morgan fingerprint density at radius 3 is 2.65 bits per heavy atom. The van der Waals surface area contributed by atoms with Crippen LogP contribution < -0.4 is 5.32 Å². The van der Waals surface area contributed by atoms with Crippen molar-refractivity contribution in [1.29, 1.82) is 0 Å². The molecule has 0 aliphatic rings. The first kappa shape index (κ1) is 15.9. The van der Waals surface area contributed by atoms with Crippen molar-refractivity contribution < 1.29 is 19.6 Å². The Morgan fingerprint density at radius 2 is 2.15 bits per heavy atom. The van der Waals surface area contributed by atoms with Crippen LogP contribution in [0.1, 0.15) is 23.7 Å². The number of amides is 1. The first-order valence-electron chi connectivity index (χ1n) is 5.82. The summed E-state index contributed by atoms with van der Waals surface area (Å²) in [6, 6.07) is 3.89. The van der Waals surface area contributed by atoms with Gasteiger partial charge in [-0.1, -0.05) is 24.6 Å². The van der Waals surface area contributed by atoms with Crippen LogP contribution in [0.4, 0.5) is 5.69 Å². The largest absolute Gasteiger partial charge is 0.481 e. The van der Waals surface area contributed by atoms with E-state index in [0.29, 0.717) is 6.42 Å². The lowest BCUT2D eigenvalue weighted by Gasteiger charge is -2.11. The first-order chi connectivity index (χ1) is 9.38. The fraction of sp³-hybridized carbons (Fsp3) is 0.333. The molecular weight excluding hydrogens is 288 g/mol. The average Bonchev–Trinajstić information content (AvgIpc) is 2.38. The van der Waals surface area contributed by atoms with Crippen molar-refractivity contribution in [1.82, 2.24) is 5.32 Å². The van der Waals surface area contributed by atoms with Gasteiger partial charge < -0.3 is 10.4 Å². The quantitative estimate of drug-likeness (QED) is 0.617. The number of aliphatic carboxylic acids is 1. The minimum absolute atomic E-state index is 0.0555. The number of carbonyl (C=O) groups excluding carboxylic acids is 1. The zero-order valence-corrected chi connectivity index (χ0v) is 11.4. The van der Waals surface area contributed by atoms with Crippen molar-refractivity contribution in [3.05, 3.63) is 38.9 Å². The van der Waals surface area contributed by atoms with Gasteiger partial charge in [0.15, 0.2) is 0 Å². The maximum atomic E-state index is 11.9. The molecule has 0 saturated carbocycles. The van der Waals surface area contributed by atoms with Gasteiger partial charge in [-0.05, 0) is 12.5 Å². The van der Waals surface area contributed by atoms with E-state index in [1.165, 1.54) is 12.1 Å². The molecule has 1 unspecified atom stereocenters. The predicted octanol–water partition coefficient (Wildman–Crippen LogP) is 2.09. The molecule has 1 aromatic rings. The lowest BCUT2D eigenvalue weighted by atomic mass is 10.1. The van der Waals surface area contributed by atoms with Crippen LogP contribution in [0, 0.1) is 16.0 Å². The Hall–Kier alpha value is -2.15. The van der Waals surface area contributed by atoms with Gasteiger partial charge in [-0.3, -0.25) is 19.7 Å². The van der Waals surface area contributed by atoms with Gasteiger partial charge in [0.2, 0.25) is 0 Å². The number of benzene rings is 1. The smallest absolute Gasteiger partial charge is 0.308 e. The third-order valence-corrected chi connectivity index (χ3v) is 3.08. The number of rotatable bonds is 6. The number of carboxylic acid groups (broad SMARTS) is 1. The number of hydrogen-bond acceptors (Lipinski definition) is 4. The van der Waals surface area contributed by atoms with Gasteiger partial charge >= 0.3 is 5.97 Å². The Bertz CT molecular complexity index is 547. The van der Waals surface area contributed by atoms with Crippen LogP contribution in [-0.2, 0) is 4.79 Å². The fourth-order valence-electron chi connectivity index (χ4n) is 1.60. The van der Waals surface area contributed by atoms with Crippen LogP contribution in [0.25, 0.3) is 0 Å². The van der Waals surface area contributed by atoms with Crippen molar-refractivity contribution in [3.63, 3.8) is 0 Å². The molecule has 7 nitrogen and oxygen atoms in total. The lowest BCUT2D eigenvalue weighted by molar-refractivity contribution is -0.385. The third kappa shape index (κ3) is 3.67. The normalized spacial score (nSPS) is 11.7. The van der Waals surface area contributed by atoms with Crippen molar-refractivity contribution in [2.75, 3.05) is 6.54 Å². The number of nitrogens with zero attached hydrogens (tertiary/aromatic N) is 1. The Balaban J connectivity index is 2.93. The SMILES string of the molecule is CCC(CNC(=O)c1c(Cl)cccc1[N+](=O)[O-])C(=O)O. The van der Waals surface area contributed by atoms with Crippen LogP contribution in [0.2, 0.25) is 5.02 Å². The number of carboxylic acids is 1. The van der Waals surface area contributed by atoms with Crippen LogP contribution >= 0.6 is 11.6 Å². The van der Waals surface area contributed by atoms with Crippen molar-refractivity contribution in [3.8, 4) is 0 Å². The van der Waals surface area contributed by atoms with Gasteiger partial charge in [0.05, 0.1) is 15.9 Å². The molecule has 2 N–H and O–H groups in total. The summed E-state index contributed by atoms with van der Waals surface area (Å²) in [5.74, 6) is -2.55. The highest BCUT2D eigenvalue weighted by Gasteiger charge is 2.24. The molecule has 0 aliphatic carbocycles. The second-order valence-corrected chi connectivity index (χ2v) is 4.45. The molecule has 1 rings (SSSR count). The number of nitro benzene ring substituents is 1. The summed E-state index contributed by atoms with van der Waals surface area (Å²) in [6.07, 6.45) is 0.334. The average molecular weight is 301 g/mol. The summed E-state index contributed by atoms with van der Waals surface area (Å²) in [5.41, 5.74) is -0.683. The number of nitro groups is 1. The van der Waals surface area contributed by atoms with E-state index in [1.54, 1.807) is 6.92 Å². The highest BCUT2D eigenvalue weighted by Crippen LogP contribution is 2.26. The fourth-order valence-corrected chi connectivity index (χ4v) is 1.86. The van der Waals surface area contributed by atoms with E-state index >= 15 is 0 Å². The molecule has 0 saturated heterocycles. The molecular formula is C12H13ClN2O5. The van der Waals surface area contributed by atoms with Crippen LogP contribution in [0.3, 0.4) is 0 Å². The van der Waals surface area contributed by atoms with Gasteiger partial charge in [0.25, 0.3) is 11.6 Å². The summed E-state index contributed by atoms with van der Waals surface area (Å²) in [5, 5.41) is 22.0. The summed E-state index contributed by atoms with van der Waals surface area (Å²) in [4.78, 5) is 32.9. The highest BCUT2D eigenvalue weighted by molar-refractivity contribution is 6.34. The standard InChI is InChI=1S/C12H13ClN2O5/c1-2-7(12(17)18)6-14-11(16)10-8(13)4-3-5-9(10)15(19)20/h3-5,7H,2,6H2,1H3,(H,14,16)(H,17,18). The summed E-state index contributed by atoms with van der Waals surface area (Å²) in [6.45, 7) is 1.55. The van der Waals surface area contributed by atoms with E-state index in [4.69, 9.17) is 16.7 Å². The van der Waals surface area contributed by atoms with Crippen molar-refractivity contribution in [2.24, 2.45) is 5.92 Å². The molecule has 0 bridgehead atoms. The van der Waals surface area contributed by atoms with Gasteiger partial charge in [0.1, 0.15) is 5.56 Å². The Morgan fingerprint density at radius 1 is 1.50 bits per heavy atom.